The predicted molar refractivity (Wildman–Crippen MR) is 90.2 cm³/mol. The van der Waals surface area contributed by atoms with Gasteiger partial charge in [-0.05, 0) is 36.6 Å². The summed E-state index contributed by atoms with van der Waals surface area (Å²) in [5.41, 5.74) is 9.28. The molecule has 0 fully saturated rings. The number of primary amides is 1. The Balaban J connectivity index is 1.63. The van der Waals surface area contributed by atoms with Crippen molar-refractivity contribution in [2.45, 2.75) is 25.9 Å². The first-order valence-electron chi connectivity index (χ1n) is 7.93. The molecule has 1 amide bonds. The quantitative estimate of drug-likeness (QED) is 0.922. The van der Waals surface area contributed by atoms with E-state index in [1.165, 1.54) is 16.7 Å². The lowest BCUT2D eigenvalue weighted by molar-refractivity contribution is -0.123. The van der Waals surface area contributed by atoms with Gasteiger partial charge in [0.2, 0.25) is 5.91 Å². The summed E-state index contributed by atoms with van der Waals surface area (Å²) in [4.78, 5) is 13.9. The number of nitrogens with two attached hydrogens (primary N) is 1. The van der Waals surface area contributed by atoms with Crippen LogP contribution in [-0.4, -0.2) is 30.0 Å². The van der Waals surface area contributed by atoms with E-state index in [0.717, 1.165) is 12.3 Å². The molecule has 120 valence electrons. The fourth-order valence-corrected chi connectivity index (χ4v) is 3.01. The topological polar surface area (TPSA) is 55.6 Å². The van der Waals surface area contributed by atoms with Crippen LogP contribution in [0.2, 0.25) is 0 Å². The Bertz CT molecular complexity index is 682. The summed E-state index contributed by atoms with van der Waals surface area (Å²) in [5.74, 6) is 0.582. The van der Waals surface area contributed by atoms with Gasteiger partial charge in [0.15, 0.2) is 0 Å². The molecule has 0 spiro atoms. The molecule has 1 aliphatic rings. The van der Waals surface area contributed by atoms with Crippen molar-refractivity contribution >= 4 is 5.91 Å². The van der Waals surface area contributed by atoms with Gasteiger partial charge in [0.1, 0.15) is 12.4 Å². The average molecular weight is 310 g/mol. The molecule has 0 saturated carbocycles. The zero-order chi connectivity index (χ0) is 16.2. The lowest BCUT2D eigenvalue weighted by atomic mass is 9.93. The second kappa shape index (κ2) is 6.84. The normalized spacial score (nSPS) is 17.5. The molecule has 3 rings (SSSR count). The summed E-state index contributed by atoms with van der Waals surface area (Å²) in [6.07, 6.45) is 0.677. The molecule has 4 heteroatoms. The fraction of sp³-hybridized carbons (Fsp3) is 0.316. The van der Waals surface area contributed by atoms with Crippen LogP contribution in [0.3, 0.4) is 0 Å². The van der Waals surface area contributed by atoms with Crippen LogP contribution < -0.4 is 10.5 Å². The van der Waals surface area contributed by atoms with Gasteiger partial charge < -0.3 is 10.5 Å². The van der Waals surface area contributed by atoms with Crippen molar-refractivity contribution in [2.24, 2.45) is 5.73 Å². The number of rotatable bonds is 5. The summed E-state index contributed by atoms with van der Waals surface area (Å²) >= 11 is 0. The summed E-state index contributed by atoms with van der Waals surface area (Å²) in [7, 11) is 0. The van der Waals surface area contributed by atoms with Crippen LogP contribution in [0.5, 0.6) is 5.75 Å². The Kier molecular flexibility index (Phi) is 4.63. The van der Waals surface area contributed by atoms with E-state index in [4.69, 9.17) is 10.5 Å². The van der Waals surface area contributed by atoms with E-state index in [1.54, 1.807) is 0 Å². The highest BCUT2D eigenvalue weighted by Gasteiger charge is 2.29. The maximum Gasteiger partial charge on any atom is 0.235 e. The largest absolute Gasteiger partial charge is 0.492 e. The Morgan fingerprint density at radius 1 is 1.17 bits per heavy atom. The number of carbonyl (C=O) groups is 1. The second-order valence-corrected chi connectivity index (χ2v) is 6.02. The summed E-state index contributed by atoms with van der Waals surface area (Å²) in [6, 6.07) is 15.9. The highest BCUT2D eigenvalue weighted by Crippen LogP contribution is 2.23. The van der Waals surface area contributed by atoms with Crippen LogP contribution in [0.1, 0.15) is 16.7 Å². The molecule has 1 atom stereocenters. The minimum Gasteiger partial charge on any atom is -0.492 e. The zero-order valence-corrected chi connectivity index (χ0v) is 13.4. The van der Waals surface area contributed by atoms with Gasteiger partial charge >= 0.3 is 0 Å². The van der Waals surface area contributed by atoms with Crippen molar-refractivity contribution in [1.82, 2.24) is 4.90 Å². The van der Waals surface area contributed by atoms with E-state index in [1.807, 2.05) is 43.3 Å². The van der Waals surface area contributed by atoms with Crippen molar-refractivity contribution in [2.75, 3.05) is 13.2 Å². The molecule has 23 heavy (non-hydrogen) atoms. The Morgan fingerprint density at radius 3 is 2.57 bits per heavy atom. The highest BCUT2D eigenvalue weighted by atomic mass is 16.5. The number of ether oxygens (including phenoxy) is 1. The van der Waals surface area contributed by atoms with E-state index in [2.05, 4.69) is 17.0 Å². The second-order valence-electron chi connectivity index (χ2n) is 6.02. The first-order chi connectivity index (χ1) is 11.1. The molecule has 0 aromatic heterocycles. The van der Waals surface area contributed by atoms with Gasteiger partial charge in [-0.3, -0.25) is 9.69 Å². The Morgan fingerprint density at radius 2 is 1.87 bits per heavy atom. The molecule has 1 heterocycles. The number of benzene rings is 2. The smallest absolute Gasteiger partial charge is 0.235 e. The maximum absolute atomic E-state index is 11.8. The Hall–Kier alpha value is -2.33. The number of amides is 1. The number of hydrogen-bond donors (Lipinski definition) is 1. The number of aryl methyl sites for hydroxylation is 1. The van der Waals surface area contributed by atoms with Crippen LogP contribution in [0, 0.1) is 6.92 Å². The van der Waals surface area contributed by atoms with Gasteiger partial charge in [0, 0.05) is 13.1 Å². The van der Waals surface area contributed by atoms with Gasteiger partial charge in [-0.2, -0.15) is 0 Å². The molecule has 2 aromatic rings. The third kappa shape index (κ3) is 3.71. The molecule has 0 aliphatic carbocycles. The first-order valence-corrected chi connectivity index (χ1v) is 7.93. The molecule has 0 unspecified atom stereocenters. The van der Waals surface area contributed by atoms with Gasteiger partial charge in [0.25, 0.3) is 0 Å². The van der Waals surface area contributed by atoms with Crippen LogP contribution in [0.4, 0.5) is 0 Å². The maximum atomic E-state index is 11.8. The minimum atomic E-state index is -0.269. The van der Waals surface area contributed by atoms with E-state index in [9.17, 15) is 4.79 Å². The van der Waals surface area contributed by atoms with Crippen molar-refractivity contribution < 1.29 is 9.53 Å². The van der Waals surface area contributed by atoms with Gasteiger partial charge in [-0.25, -0.2) is 0 Å². The molecule has 1 aliphatic heterocycles. The molecular formula is C19H22N2O2. The molecule has 0 saturated heterocycles. The van der Waals surface area contributed by atoms with Gasteiger partial charge in [-0.15, -0.1) is 0 Å². The van der Waals surface area contributed by atoms with Crippen molar-refractivity contribution in [1.29, 1.82) is 0 Å². The minimum absolute atomic E-state index is 0.258. The molecule has 0 bridgehead atoms. The number of fused-ring (bicyclic) bond motifs is 1. The first kappa shape index (κ1) is 15.6. The van der Waals surface area contributed by atoms with Crippen molar-refractivity contribution in [3.05, 3.63) is 65.2 Å². The average Bonchev–Trinajstić information content (AvgIpc) is 2.56. The standard InChI is InChI=1S/C19H22N2O2/c1-14-6-8-17(9-7-14)23-11-10-21-13-16-5-3-2-4-15(16)12-18(21)19(20)22/h2-9,18H,10-13H2,1H3,(H2,20,22)/t18-/m0/s1. The van der Waals surface area contributed by atoms with Crippen molar-refractivity contribution in [3.63, 3.8) is 0 Å². The molecule has 0 radical (unpaired) electrons. The van der Waals surface area contributed by atoms with E-state index in [0.29, 0.717) is 19.6 Å². The molecule has 4 nitrogen and oxygen atoms in total. The monoisotopic (exact) mass is 310 g/mol. The third-order valence-electron chi connectivity index (χ3n) is 4.34. The van der Waals surface area contributed by atoms with Gasteiger partial charge in [-0.1, -0.05) is 42.0 Å². The molecule has 2 aromatic carbocycles. The summed E-state index contributed by atoms with van der Waals surface area (Å²) < 4.78 is 5.79. The van der Waals surface area contributed by atoms with Crippen LogP contribution >= 0.6 is 0 Å². The summed E-state index contributed by atoms with van der Waals surface area (Å²) in [6.45, 7) is 4.00. The molecule has 2 N–H and O–H groups in total. The van der Waals surface area contributed by atoms with E-state index < -0.39 is 0 Å². The highest BCUT2D eigenvalue weighted by molar-refractivity contribution is 5.80. The SMILES string of the molecule is Cc1ccc(OCCN2Cc3ccccc3C[C@H]2C(N)=O)cc1. The van der Waals surface area contributed by atoms with Crippen molar-refractivity contribution in [3.8, 4) is 5.75 Å². The number of carbonyl (C=O) groups excluding carboxylic acids is 1. The number of nitrogens with zero attached hydrogens (tertiary/aromatic N) is 1. The van der Waals surface area contributed by atoms with E-state index in [-0.39, 0.29) is 11.9 Å². The lowest BCUT2D eigenvalue weighted by Gasteiger charge is -2.34. The summed E-state index contributed by atoms with van der Waals surface area (Å²) in [5, 5.41) is 0. The zero-order valence-electron chi connectivity index (χ0n) is 13.4. The van der Waals surface area contributed by atoms with Crippen LogP contribution in [0.25, 0.3) is 0 Å². The number of hydrogen-bond acceptors (Lipinski definition) is 3. The fourth-order valence-electron chi connectivity index (χ4n) is 3.01. The predicted octanol–water partition coefficient (Wildman–Crippen LogP) is 2.29. The van der Waals surface area contributed by atoms with Gasteiger partial charge in [0.05, 0.1) is 6.04 Å². The molecular weight excluding hydrogens is 288 g/mol. The van der Waals surface area contributed by atoms with E-state index >= 15 is 0 Å². The van der Waals surface area contributed by atoms with Crippen LogP contribution in [-0.2, 0) is 17.8 Å². The third-order valence-corrected chi connectivity index (χ3v) is 4.34. The van der Waals surface area contributed by atoms with Crippen LogP contribution in [0.15, 0.2) is 48.5 Å². The lowest BCUT2D eigenvalue weighted by Crippen LogP contribution is -2.49. The Labute approximate surface area is 136 Å².